The van der Waals surface area contributed by atoms with Gasteiger partial charge in [0.1, 0.15) is 12.4 Å². The summed E-state index contributed by atoms with van der Waals surface area (Å²) in [6.07, 6.45) is 3.56. The molecule has 0 aliphatic carbocycles. The lowest BCUT2D eigenvalue weighted by molar-refractivity contribution is -0.125. The molecule has 1 aromatic carbocycles. The summed E-state index contributed by atoms with van der Waals surface area (Å²) in [6.45, 7) is 5.46. The van der Waals surface area contributed by atoms with Gasteiger partial charge >= 0.3 is 0 Å². The standard InChI is InChI=1S/C16H21N3O2/c1-13-4-6-15(7-5-13)21-11-9-17-16(20)14(2)12-19-10-3-8-18-19/h3-8,10,14H,9,11-12H2,1-2H3,(H,17,20). The number of nitrogens with one attached hydrogen (secondary N) is 1. The molecule has 0 radical (unpaired) electrons. The molecule has 1 amide bonds. The van der Waals surface area contributed by atoms with E-state index in [9.17, 15) is 4.79 Å². The molecule has 0 spiro atoms. The van der Waals surface area contributed by atoms with Crippen molar-refractivity contribution in [2.24, 2.45) is 5.92 Å². The van der Waals surface area contributed by atoms with Crippen LogP contribution in [-0.2, 0) is 11.3 Å². The third-order valence-corrected chi connectivity index (χ3v) is 3.16. The maximum absolute atomic E-state index is 11.9. The highest BCUT2D eigenvalue weighted by Crippen LogP contribution is 2.10. The lowest BCUT2D eigenvalue weighted by Crippen LogP contribution is -2.34. The molecule has 5 nitrogen and oxygen atoms in total. The summed E-state index contributed by atoms with van der Waals surface area (Å²) < 4.78 is 7.32. The second-order valence-corrected chi connectivity index (χ2v) is 5.08. The summed E-state index contributed by atoms with van der Waals surface area (Å²) in [4.78, 5) is 11.9. The second-order valence-electron chi connectivity index (χ2n) is 5.08. The Morgan fingerprint density at radius 1 is 1.38 bits per heavy atom. The summed E-state index contributed by atoms with van der Waals surface area (Å²) in [7, 11) is 0. The quantitative estimate of drug-likeness (QED) is 0.793. The average Bonchev–Trinajstić information content (AvgIpc) is 2.98. The van der Waals surface area contributed by atoms with Crippen molar-refractivity contribution < 1.29 is 9.53 Å². The number of benzene rings is 1. The van der Waals surface area contributed by atoms with Crippen LogP contribution in [0.4, 0.5) is 0 Å². The van der Waals surface area contributed by atoms with E-state index >= 15 is 0 Å². The lowest BCUT2D eigenvalue weighted by atomic mass is 10.1. The van der Waals surface area contributed by atoms with Crippen molar-refractivity contribution in [1.82, 2.24) is 15.1 Å². The van der Waals surface area contributed by atoms with E-state index in [4.69, 9.17) is 4.74 Å². The Kier molecular flexibility index (Phi) is 5.37. The third-order valence-electron chi connectivity index (χ3n) is 3.16. The minimum atomic E-state index is -0.121. The SMILES string of the molecule is Cc1ccc(OCCNC(=O)C(C)Cn2cccn2)cc1. The van der Waals surface area contributed by atoms with Gasteiger partial charge in [-0.3, -0.25) is 9.48 Å². The molecule has 1 unspecified atom stereocenters. The average molecular weight is 287 g/mol. The fraction of sp³-hybridized carbons (Fsp3) is 0.375. The summed E-state index contributed by atoms with van der Waals surface area (Å²) in [6, 6.07) is 9.70. The van der Waals surface area contributed by atoms with E-state index in [1.807, 2.05) is 50.4 Å². The summed E-state index contributed by atoms with van der Waals surface area (Å²) in [5.74, 6) is 0.710. The first-order chi connectivity index (χ1) is 10.1. The fourth-order valence-electron chi connectivity index (χ4n) is 1.92. The maximum Gasteiger partial charge on any atom is 0.224 e. The number of ether oxygens (including phenoxy) is 1. The van der Waals surface area contributed by atoms with Gasteiger partial charge in [0.25, 0.3) is 0 Å². The van der Waals surface area contributed by atoms with Crippen LogP contribution in [0.15, 0.2) is 42.7 Å². The monoisotopic (exact) mass is 287 g/mol. The molecule has 0 saturated heterocycles. The van der Waals surface area contributed by atoms with E-state index < -0.39 is 0 Å². The number of amides is 1. The molecule has 5 heteroatoms. The molecule has 2 rings (SSSR count). The number of hydrogen-bond donors (Lipinski definition) is 1. The van der Waals surface area contributed by atoms with Crippen LogP contribution >= 0.6 is 0 Å². The van der Waals surface area contributed by atoms with E-state index in [0.29, 0.717) is 19.7 Å². The van der Waals surface area contributed by atoms with E-state index in [2.05, 4.69) is 10.4 Å². The Morgan fingerprint density at radius 3 is 2.81 bits per heavy atom. The molecule has 0 saturated carbocycles. The second kappa shape index (κ2) is 7.47. The number of carbonyl (C=O) groups is 1. The summed E-state index contributed by atoms with van der Waals surface area (Å²) in [5.41, 5.74) is 1.20. The highest BCUT2D eigenvalue weighted by Gasteiger charge is 2.12. The molecule has 112 valence electrons. The molecule has 0 fully saturated rings. The predicted octanol–water partition coefficient (Wildman–Crippen LogP) is 2.02. The lowest BCUT2D eigenvalue weighted by Gasteiger charge is -2.13. The number of aromatic nitrogens is 2. The molecule has 0 aliphatic rings. The largest absolute Gasteiger partial charge is 0.492 e. The summed E-state index contributed by atoms with van der Waals surface area (Å²) >= 11 is 0. The maximum atomic E-state index is 11.9. The van der Waals surface area contributed by atoms with Crippen molar-refractivity contribution >= 4 is 5.91 Å². The molecule has 2 aromatic rings. The number of rotatable bonds is 7. The van der Waals surface area contributed by atoms with Crippen LogP contribution in [0.3, 0.4) is 0 Å². The summed E-state index contributed by atoms with van der Waals surface area (Å²) in [5, 5.41) is 6.97. The number of carbonyl (C=O) groups excluding carboxylic acids is 1. The van der Waals surface area contributed by atoms with Crippen molar-refractivity contribution in [3.05, 3.63) is 48.3 Å². The first kappa shape index (κ1) is 15.1. The number of nitrogens with zero attached hydrogens (tertiary/aromatic N) is 2. The van der Waals surface area contributed by atoms with Crippen molar-refractivity contribution in [2.75, 3.05) is 13.2 Å². The Labute approximate surface area is 124 Å². The number of hydrogen-bond acceptors (Lipinski definition) is 3. The van der Waals surface area contributed by atoms with Gasteiger partial charge in [0, 0.05) is 12.4 Å². The Morgan fingerprint density at radius 2 is 2.14 bits per heavy atom. The zero-order valence-electron chi connectivity index (χ0n) is 12.5. The molecule has 1 heterocycles. The van der Waals surface area contributed by atoms with Crippen LogP contribution in [0, 0.1) is 12.8 Å². The van der Waals surface area contributed by atoms with Gasteiger partial charge in [-0.1, -0.05) is 24.6 Å². The van der Waals surface area contributed by atoms with Crippen molar-refractivity contribution in [2.45, 2.75) is 20.4 Å². The van der Waals surface area contributed by atoms with Gasteiger partial charge in [-0.15, -0.1) is 0 Å². The van der Waals surface area contributed by atoms with Gasteiger partial charge in [-0.2, -0.15) is 5.10 Å². The molecule has 21 heavy (non-hydrogen) atoms. The van der Waals surface area contributed by atoms with E-state index in [-0.39, 0.29) is 11.8 Å². The van der Waals surface area contributed by atoms with Crippen LogP contribution in [0.2, 0.25) is 0 Å². The minimum Gasteiger partial charge on any atom is -0.492 e. The van der Waals surface area contributed by atoms with Crippen molar-refractivity contribution in [3.8, 4) is 5.75 Å². The minimum absolute atomic E-state index is 0.0120. The highest BCUT2D eigenvalue weighted by atomic mass is 16.5. The fourth-order valence-corrected chi connectivity index (χ4v) is 1.92. The third kappa shape index (κ3) is 4.95. The van der Waals surface area contributed by atoms with Gasteiger partial charge in [0.15, 0.2) is 0 Å². The molecular weight excluding hydrogens is 266 g/mol. The van der Waals surface area contributed by atoms with Crippen LogP contribution in [0.1, 0.15) is 12.5 Å². The van der Waals surface area contributed by atoms with E-state index in [1.165, 1.54) is 5.56 Å². The smallest absolute Gasteiger partial charge is 0.224 e. The first-order valence-electron chi connectivity index (χ1n) is 7.10. The Hall–Kier alpha value is -2.30. The molecule has 1 N–H and O–H groups in total. The molecule has 0 aliphatic heterocycles. The molecule has 0 bridgehead atoms. The van der Waals surface area contributed by atoms with Crippen LogP contribution in [0.5, 0.6) is 5.75 Å². The van der Waals surface area contributed by atoms with E-state index in [1.54, 1.807) is 10.9 Å². The Balaban J connectivity index is 1.65. The highest BCUT2D eigenvalue weighted by molar-refractivity contribution is 5.78. The Bertz CT molecular complexity index is 549. The zero-order valence-corrected chi connectivity index (χ0v) is 12.5. The van der Waals surface area contributed by atoms with Crippen LogP contribution in [-0.4, -0.2) is 28.8 Å². The van der Waals surface area contributed by atoms with E-state index in [0.717, 1.165) is 5.75 Å². The zero-order chi connectivity index (χ0) is 15.1. The van der Waals surface area contributed by atoms with Gasteiger partial charge in [-0.25, -0.2) is 0 Å². The van der Waals surface area contributed by atoms with Crippen molar-refractivity contribution in [3.63, 3.8) is 0 Å². The first-order valence-corrected chi connectivity index (χ1v) is 7.10. The van der Waals surface area contributed by atoms with Crippen LogP contribution < -0.4 is 10.1 Å². The topological polar surface area (TPSA) is 56.1 Å². The normalized spacial score (nSPS) is 11.9. The molecule has 1 aromatic heterocycles. The van der Waals surface area contributed by atoms with Crippen molar-refractivity contribution in [1.29, 1.82) is 0 Å². The van der Waals surface area contributed by atoms with Crippen LogP contribution in [0.25, 0.3) is 0 Å². The number of aryl methyl sites for hydroxylation is 1. The van der Waals surface area contributed by atoms with Gasteiger partial charge in [0.2, 0.25) is 5.91 Å². The molecular formula is C16H21N3O2. The molecule has 1 atom stereocenters. The predicted molar refractivity (Wildman–Crippen MR) is 81.1 cm³/mol. The van der Waals surface area contributed by atoms with Gasteiger partial charge in [-0.05, 0) is 25.1 Å². The van der Waals surface area contributed by atoms with Gasteiger partial charge < -0.3 is 10.1 Å². The van der Waals surface area contributed by atoms with Gasteiger partial charge in [0.05, 0.1) is 19.0 Å².